The third-order valence-electron chi connectivity index (χ3n) is 3.16. The first-order valence-corrected chi connectivity index (χ1v) is 7.56. The van der Waals surface area contributed by atoms with Gasteiger partial charge in [0, 0.05) is 5.39 Å². The minimum absolute atomic E-state index is 0.0928. The SMILES string of the molecule is O=S(=O)(c1ccc(F)cc1)c1cccc2ccccc12. The molecule has 2 nitrogen and oxygen atoms in total. The van der Waals surface area contributed by atoms with Crippen molar-refractivity contribution < 1.29 is 12.8 Å². The number of sulfone groups is 1. The molecule has 20 heavy (non-hydrogen) atoms. The Kier molecular flexibility index (Phi) is 3.03. The molecule has 0 aliphatic rings. The van der Waals surface area contributed by atoms with Gasteiger partial charge in [0.1, 0.15) is 5.82 Å². The fourth-order valence-electron chi connectivity index (χ4n) is 2.17. The molecule has 0 saturated heterocycles. The number of fused-ring (bicyclic) bond motifs is 1. The maximum atomic E-state index is 12.9. The number of benzene rings is 3. The van der Waals surface area contributed by atoms with E-state index in [1.165, 1.54) is 12.1 Å². The molecule has 0 heterocycles. The molecule has 0 bridgehead atoms. The molecule has 0 spiro atoms. The van der Waals surface area contributed by atoms with Crippen LogP contribution in [0.4, 0.5) is 4.39 Å². The Hall–Kier alpha value is -2.20. The van der Waals surface area contributed by atoms with Crippen LogP contribution in [0, 0.1) is 5.82 Å². The van der Waals surface area contributed by atoms with Crippen LogP contribution in [0.1, 0.15) is 0 Å². The van der Waals surface area contributed by atoms with E-state index in [1.807, 2.05) is 18.2 Å². The van der Waals surface area contributed by atoms with Crippen molar-refractivity contribution in [2.45, 2.75) is 9.79 Å². The van der Waals surface area contributed by atoms with Crippen LogP contribution in [-0.2, 0) is 9.84 Å². The molecule has 0 aliphatic carbocycles. The molecule has 3 rings (SSSR count). The molecule has 3 aromatic carbocycles. The maximum absolute atomic E-state index is 12.9. The zero-order valence-corrected chi connectivity index (χ0v) is 11.3. The Morgan fingerprint density at radius 1 is 0.750 bits per heavy atom. The molecule has 0 aromatic heterocycles. The van der Waals surface area contributed by atoms with Crippen molar-refractivity contribution >= 4 is 20.6 Å². The molecule has 0 N–H and O–H groups in total. The van der Waals surface area contributed by atoms with E-state index in [0.29, 0.717) is 5.39 Å². The third kappa shape index (κ3) is 2.08. The average Bonchev–Trinajstić information content (AvgIpc) is 2.47. The lowest BCUT2D eigenvalue weighted by molar-refractivity contribution is 0.595. The summed E-state index contributed by atoms with van der Waals surface area (Å²) >= 11 is 0. The topological polar surface area (TPSA) is 34.1 Å². The van der Waals surface area contributed by atoms with Crippen LogP contribution in [-0.4, -0.2) is 8.42 Å². The summed E-state index contributed by atoms with van der Waals surface area (Å²) in [5, 5.41) is 1.52. The lowest BCUT2D eigenvalue weighted by Crippen LogP contribution is -2.02. The van der Waals surface area contributed by atoms with Gasteiger partial charge in [-0.05, 0) is 35.7 Å². The van der Waals surface area contributed by atoms with Crippen molar-refractivity contribution in [3.8, 4) is 0 Å². The summed E-state index contributed by atoms with van der Waals surface area (Å²) in [6.07, 6.45) is 0. The van der Waals surface area contributed by atoms with Crippen LogP contribution >= 0.6 is 0 Å². The van der Waals surface area contributed by atoms with Gasteiger partial charge in [-0.1, -0.05) is 36.4 Å². The Labute approximate surface area is 116 Å². The van der Waals surface area contributed by atoms with Gasteiger partial charge in [0.05, 0.1) is 9.79 Å². The van der Waals surface area contributed by atoms with Crippen molar-refractivity contribution in [1.29, 1.82) is 0 Å². The zero-order valence-electron chi connectivity index (χ0n) is 10.5. The fourth-order valence-corrected chi connectivity index (χ4v) is 3.65. The van der Waals surface area contributed by atoms with Gasteiger partial charge < -0.3 is 0 Å². The zero-order chi connectivity index (χ0) is 14.2. The van der Waals surface area contributed by atoms with Gasteiger partial charge in [-0.25, -0.2) is 12.8 Å². The largest absolute Gasteiger partial charge is 0.218 e. The van der Waals surface area contributed by atoms with Gasteiger partial charge in [0.2, 0.25) is 9.84 Å². The summed E-state index contributed by atoms with van der Waals surface area (Å²) in [6.45, 7) is 0. The van der Waals surface area contributed by atoms with E-state index in [2.05, 4.69) is 0 Å². The van der Waals surface area contributed by atoms with E-state index >= 15 is 0 Å². The summed E-state index contributed by atoms with van der Waals surface area (Å²) in [7, 11) is -3.65. The number of hydrogen-bond acceptors (Lipinski definition) is 2. The van der Waals surface area contributed by atoms with Crippen LogP contribution in [0.3, 0.4) is 0 Å². The first kappa shape index (κ1) is 12.8. The van der Waals surface area contributed by atoms with Gasteiger partial charge in [0.25, 0.3) is 0 Å². The van der Waals surface area contributed by atoms with Crippen LogP contribution in [0.2, 0.25) is 0 Å². The first-order chi connectivity index (χ1) is 9.59. The lowest BCUT2D eigenvalue weighted by atomic mass is 10.1. The molecule has 0 saturated carbocycles. The number of halogens is 1. The predicted octanol–water partition coefficient (Wildman–Crippen LogP) is 3.81. The second-order valence-corrected chi connectivity index (χ2v) is 6.35. The first-order valence-electron chi connectivity index (χ1n) is 6.07. The molecule has 0 amide bonds. The van der Waals surface area contributed by atoms with Gasteiger partial charge in [-0.15, -0.1) is 0 Å². The number of rotatable bonds is 2. The quantitative estimate of drug-likeness (QED) is 0.671. The van der Waals surface area contributed by atoms with Crippen molar-refractivity contribution in [3.05, 3.63) is 72.5 Å². The summed E-state index contributed by atoms with van der Waals surface area (Å²) in [5.41, 5.74) is 0. The Morgan fingerprint density at radius 2 is 1.40 bits per heavy atom. The van der Waals surface area contributed by atoms with E-state index in [9.17, 15) is 12.8 Å². The summed E-state index contributed by atoms with van der Waals surface area (Å²) < 4.78 is 38.2. The standard InChI is InChI=1S/C16H11FO2S/c17-13-8-10-14(11-9-13)20(18,19)16-7-3-5-12-4-1-2-6-15(12)16/h1-11H. The van der Waals surface area contributed by atoms with Crippen LogP contribution in [0.15, 0.2) is 76.5 Å². The van der Waals surface area contributed by atoms with Gasteiger partial charge in [-0.2, -0.15) is 0 Å². The lowest BCUT2D eigenvalue weighted by Gasteiger charge is -2.08. The van der Waals surface area contributed by atoms with E-state index in [4.69, 9.17) is 0 Å². The average molecular weight is 286 g/mol. The summed E-state index contributed by atoms with van der Waals surface area (Å²) in [4.78, 5) is 0.331. The second kappa shape index (κ2) is 4.72. The third-order valence-corrected chi connectivity index (χ3v) is 4.99. The highest BCUT2D eigenvalue weighted by atomic mass is 32.2. The van der Waals surface area contributed by atoms with Gasteiger partial charge in [0.15, 0.2) is 0 Å². The predicted molar refractivity (Wildman–Crippen MR) is 75.8 cm³/mol. The van der Waals surface area contributed by atoms with Crippen molar-refractivity contribution in [2.75, 3.05) is 0 Å². The molecule has 0 atom stereocenters. The minimum Gasteiger partial charge on any atom is -0.218 e. The maximum Gasteiger partial charge on any atom is 0.207 e. The highest BCUT2D eigenvalue weighted by Crippen LogP contribution is 2.28. The van der Waals surface area contributed by atoms with Crippen LogP contribution in [0.5, 0.6) is 0 Å². The highest BCUT2D eigenvalue weighted by molar-refractivity contribution is 7.91. The van der Waals surface area contributed by atoms with E-state index < -0.39 is 15.7 Å². The van der Waals surface area contributed by atoms with Crippen molar-refractivity contribution in [1.82, 2.24) is 0 Å². The Balaban J connectivity index is 2.27. The normalized spacial score (nSPS) is 11.7. The molecule has 0 radical (unpaired) electrons. The molecule has 0 fully saturated rings. The smallest absolute Gasteiger partial charge is 0.207 e. The van der Waals surface area contributed by atoms with Crippen molar-refractivity contribution in [3.63, 3.8) is 0 Å². The Morgan fingerprint density at radius 3 is 2.15 bits per heavy atom. The van der Waals surface area contributed by atoms with Gasteiger partial charge in [-0.3, -0.25) is 0 Å². The summed E-state index contributed by atoms with van der Waals surface area (Å²) in [5.74, 6) is -0.457. The van der Waals surface area contributed by atoms with E-state index in [1.54, 1.807) is 24.3 Å². The van der Waals surface area contributed by atoms with Gasteiger partial charge >= 0.3 is 0 Å². The molecule has 0 aliphatic heterocycles. The van der Waals surface area contributed by atoms with Crippen molar-refractivity contribution in [2.24, 2.45) is 0 Å². The Bertz CT molecular complexity index is 863. The second-order valence-electron chi connectivity index (χ2n) is 4.43. The molecular formula is C16H11FO2S. The van der Waals surface area contributed by atoms with E-state index in [-0.39, 0.29) is 9.79 Å². The molecule has 4 heteroatoms. The number of hydrogen-bond donors (Lipinski definition) is 0. The van der Waals surface area contributed by atoms with E-state index in [0.717, 1.165) is 17.5 Å². The molecule has 0 unspecified atom stereocenters. The monoisotopic (exact) mass is 286 g/mol. The molecule has 3 aromatic rings. The minimum atomic E-state index is -3.65. The molecular weight excluding hydrogens is 275 g/mol. The fraction of sp³-hybridized carbons (Fsp3) is 0. The highest BCUT2D eigenvalue weighted by Gasteiger charge is 2.19. The molecule has 100 valence electrons. The van der Waals surface area contributed by atoms with Crippen LogP contribution < -0.4 is 0 Å². The summed E-state index contributed by atoms with van der Waals surface area (Å²) in [6, 6.07) is 17.3. The van der Waals surface area contributed by atoms with Crippen LogP contribution in [0.25, 0.3) is 10.8 Å².